The van der Waals surface area contributed by atoms with Crippen LogP contribution in [0.25, 0.3) is 0 Å². The quantitative estimate of drug-likeness (QED) is 0.490. The number of carbonyl (C=O) groups is 1. The highest BCUT2D eigenvalue weighted by atomic mass is 32.1. The van der Waals surface area contributed by atoms with Gasteiger partial charge in [-0.1, -0.05) is 12.1 Å². The third kappa shape index (κ3) is 6.66. The van der Waals surface area contributed by atoms with Gasteiger partial charge >= 0.3 is 0 Å². The number of aromatic nitrogens is 1. The molecule has 0 aliphatic carbocycles. The van der Waals surface area contributed by atoms with Gasteiger partial charge in [0.05, 0.1) is 24.8 Å². The summed E-state index contributed by atoms with van der Waals surface area (Å²) in [6.45, 7) is 1.39. The number of carbonyl (C=O) groups excluding carboxylic acids is 1. The molecule has 0 saturated heterocycles. The number of rotatable bonds is 10. The van der Waals surface area contributed by atoms with Crippen LogP contribution in [-0.2, 0) is 4.79 Å². The number of nitrogens with two attached hydrogens (primary N) is 1. The summed E-state index contributed by atoms with van der Waals surface area (Å²) in [5.74, 6) is -0.879. The second-order valence-electron chi connectivity index (χ2n) is 6.63. The number of aliphatic hydroxyl groups excluding tert-OH is 2. The molecule has 1 aromatic carbocycles. The zero-order valence-electron chi connectivity index (χ0n) is 15.2. The van der Waals surface area contributed by atoms with Crippen molar-refractivity contribution in [1.82, 2.24) is 10.3 Å². The van der Waals surface area contributed by atoms with Crippen molar-refractivity contribution >= 4 is 17.2 Å². The van der Waals surface area contributed by atoms with Gasteiger partial charge in [-0.25, -0.2) is 9.37 Å². The molecular formula is C19H26FN3O3S. The van der Waals surface area contributed by atoms with E-state index >= 15 is 0 Å². The monoisotopic (exact) mass is 395 g/mol. The van der Waals surface area contributed by atoms with Crippen molar-refractivity contribution in [2.45, 2.75) is 50.3 Å². The summed E-state index contributed by atoms with van der Waals surface area (Å²) >= 11 is 1.47. The number of amides is 1. The molecule has 6 nitrogen and oxygen atoms in total. The number of thiazole rings is 1. The number of benzene rings is 1. The van der Waals surface area contributed by atoms with Crippen molar-refractivity contribution in [3.8, 4) is 0 Å². The summed E-state index contributed by atoms with van der Waals surface area (Å²) in [5, 5.41) is 24.5. The Balaban J connectivity index is 2.07. The molecule has 8 heteroatoms. The average Bonchev–Trinajstić information content (AvgIpc) is 3.18. The molecule has 1 aromatic heterocycles. The maximum Gasteiger partial charge on any atom is 0.237 e. The van der Waals surface area contributed by atoms with Crippen molar-refractivity contribution in [3.05, 3.63) is 52.2 Å². The lowest BCUT2D eigenvalue weighted by molar-refractivity contribution is -0.123. The van der Waals surface area contributed by atoms with Gasteiger partial charge in [0.25, 0.3) is 0 Å². The Morgan fingerprint density at radius 2 is 2.04 bits per heavy atom. The Bertz CT molecular complexity index is 695. The molecule has 0 bridgehead atoms. The molecule has 2 aromatic rings. The normalized spacial score (nSPS) is 15.7. The van der Waals surface area contributed by atoms with Crippen LogP contribution in [0.4, 0.5) is 4.39 Å². The van der Waals surface area contributed by atoms with Crippen LogP contribution in [0.15, 0.2) is 35.8 Å². The first-order chi connectivity index (χ1) is 12.9. The van der Waals surface area contributed by atoms with Crippen LogP contribution in [0, 0.1) is 5.82 Å². The van der Waals surface area contributed by atoms with E-state index in [1.54, 1.807) is 25.3 Å². The summed E-state index contributed by atoms with van der Waals surface area (Å²) in [4.78, 5) is 16.6. The first-order valence-corrected chi connectivity index (χ1v) is 9.78. The fourth-order valence-corrected chi connectivity index (χ4v) is 3.58. The smallest absolute Gasteiger partial charge is 0.237 e. The number of hydrogen-bond acceptors (Lipinski definition) is 6. The van der Waals surface area contributed by atoms with Crippen molar-refractivity contribution in [2.75, 3.05) is 6.61 Å². The SMILES string of the molecule is CC(O)CC[C@H](N)C(=O)N[C@H](CO)CC(c1ccc(F)cc1)c1nccs1. The first-order valence-electron chi connectivity index (χ1n) is 8.90. The molecule has 4 atom stereocenters. The minimum atomic E-state index is -0.752. The maximum atomic E-state index is 13.3. The largest absolute Gasteiger partial charge is 0.394 e. The lowest BCUT2D eigenvalue weighted by Gasteiger charge is -2.24. The zero-order valence-corrected chi connectivity index (χ0v) is 16.0. The van der Waals surface area contributed by atoms with E-state index in [1.807, 2.05) is 5.38 Å². The molecular weight excluding hydrogens is 369 g/mol. The summed E-state index contributed by atoms with van der Waals surface area (Å²) in [5.41, 5.74) is 6.72. The van der Waals surface area contributed by atoms with Crippen LogP contribution in [0.3, 0.4) is 0 Å². The van der Waals surface area contributed by atoms with Crippen LogP contribution in [0.1, 0.15) is 42.7 Å². The third-order valence-electron chi connectivity index (χ3n) is 4.34. The molecule has 27 heavy (non-hydrogen) atoms. The van der Waals surface area contributed by atoms with E-state index in [-0.39, 0.29) is 24.2 Å². The molecule has 1 heterocycles. The van der Waals surface area contributed by atoms with Gasteiger partial charge in [0.15, 0.2) is 0 Å². The molecule has 0 spiro atoms. The summed E-state index contributed by atoms with van der Waals surface area (Å²) in [6, 6.07) is 4.87. The standard InChI is InChI=1S/C19H26FN3O3S/c1-12(25)2-7-17(21)18(26)23-15(11-24)10-16(19-22-8-9-27-19)13-3-5-14(20)6-4-13/h3-6,8-9,12,15-17,24-25H,2,7,10-11,21H2,1H3,(H,23,26)/t12?,15-,16?,17-/m0/s1. The predicted molar refractivity (Wildman–Crippen MR) is 103 cm³/mol. The van der Waals surface area contributed by atoms with Crippen LogP contribution in [-0.4, -0.2) is 45.9 Å². The van der Waals surface area contributed by atoms with E-state index in [0.717, 1.165) is 10.6 Å². The molecule has 2 rings (SSSR count). The van der Waals surface area contributed by atoms with E-state index in [9.17, 15) is 19.4 Å². The van der Waals surface area contributed by atoms with Gasteiger partial charge in [0.1, 0.15) is 10.8 Å². The van der Waals surface area contributed by atoms with Gasteiger partial charge in [0.2, 0.25) is 5.91 Å². The van der Waals surface area contributed by atoms with E-state index < -0.39 is 18.2 Å². The summed E-state index contributed by atoms with van der Waals surface area (Å²) < 4.78 is 13.3. The van der Waals surface area contributed by atoms with Gasteiger partial charge in [-0.2, -0.15) is 0 Å². The maximum absolute atomic E-state index is 13.3. The van der Waals surface area contributed by atoms with Gasteiger partial charge < -0.3 is 21.3 Å². The van der Waals surface area contributed by atoms with Crippen molar-refractivity contribution in [1.29, 1.82) is 0 Å². The molecule has 0 saturated carbocycles. The highest BCUT2D eigenvalue weighted by molar-refractivity contribution is 7.09. The van der Waals surface area contributed by atoms with Crippen LogP contribution in [0.5, 0.6) is 0 Å². The van der Waals surface area contributed by atoms with Gasteiger partial charge in [0, 0.05) is 17.5 Å². The number of halogens is 1. The van der Waals surface area contributed by atoms with E-state index in [4.69, 9.17) is 5.73 Å². The number of hydrogen-bond donors (Lipinski definition) is 4. The molecule has 0 radical (unpaired) electrons. The predicted octanol–water partition coefficient (Wildman–Crippen LogP) is 1.77. The molecule has 0 aliphatic rings. The van der Waals surface area contributed by atoms with Crippen LogP contribution >= 0.6 is 11.3 Å². The number of nitrogens with zero attached hydrogens (tertiary/aromatic N) is 1. The van der Waals surface area contributed by atoms with Crippen molar-refractivity contribution in [2.24, 2.45) is 5.73 Å². The van der Waals surface area contributed by atoms with Crippen molar-refractivity contribution in [3.63, 3.8) is 0 Å². The Morgan fingerprint density at radius 3 is 2.59 bits per heavy atom. The van der Waals surface area contributed by atoms with E-state index in [1.165, 1.54) is 23.5 Å². The fraction of sp³-hybridized carbons (Fsp3) is 0.474. The second kappa shape index (κ2) is 10.5. The summed E-state index contributed by atoms with van der Waals surface area (Å²) in [7, 11) is 0. The van der Waals surface area contributed by atoms with Gasteiger partial charge in [-0.3, -0.25) is 4.79 Å². The minimum Gasteiger partial charge on any atom is -0.394 e. The second-order valence-corrected chi connectivity index (χ2v) is 7.56. The van der Waals surface area contributed by atoms with E-state index in [0.29, 0.717) is 19.3 Å². The van der Waals surface area contributed by atoms with Gasteiger partial charge in [-0.05, 0) is 43.9 Å². The Hall–Kier alpha value is -1.87. The molecule has 0 fully saturated rings. The van der Waals surface area contributed by atoms with Gasteiger partial charge in [-0.15, -0.1) is 11.3 Å². The van der Waals surface area contributed by atoms with Crippen LogP contribution in [0.2, 0.25) is 0 Å². The zero-order chi connectivity index (χ0) is 19.8. The first kappa shape index (κ1) is 21.4. The fourth-order valence-electron chi connectivity index (χ4n) is 2.80. The molecule has 1 amide bonds. The number of aliphatic hydroxyl groups is 2. The molecule has 0 aliphatic heterocycles. The lowest BCUT2D eigenvalue weighted by atomic mass is 9.92. The Morgan fingerprint density at radius 1 is 1.33 bits per heavy atom. The minimum absolute atomic E-state index is 0.184. The highest BCUT2D eigenvalue weighted by Crippen LogP contribution is 2.30. The lowest BCUT2D eigenvalue weighted by Crippen LogP contribution is -2.47. The average molecular weight is 396 g/mol. The topological polar surface area (TPSA) is 108 Å². The molecule has 5 N–H and O–H groups in total. The Labute approximate surface area is 162 Å². The van der Waals surface area contributed by atoms with E-state index in [2.05, 4.69) is 10.3 Å². The molecule has 148 valence electrons. The molecule has 2 unspecified atom stereocenters. The highest BCUT2D eigenvalue weighted by Gasteiger charge is 2.24. The van der Waals surface area contributed by atoms with Crippen LogP contribution < -0.4 is 11.1 Å². The number of nitrogens with one attached hydrogen (secondary N) is 1. The summed E-state index contributed by atoms with van der Waals surface area (Å²) in [6.07, 6.45) is 2.36. The Kier molecular flexibility index (Phi) is 8.30. The van der Waals surface area contributed by atoms with Crippen molar-refractivity contribution < 1.29 is 19.4 Å². The third-order valence-corrected chi connectivity index (χ3v) is 5.23.